The maximum Gasteiger partial charge on any atom is 0.416 e. The van der Waals surface area contributed by atoms with Gasteiger partial charge in [0.25, 0.3) is 11.5 Å². The zero-order chi connectivity index (χ0) is 27.8. The van der Waals surface area contributed by atoms with Gasteiger partial charge in [-0.1, -0.05) is 35.3 Å². The second kappa shape index (κ2) is 10.3. The highest BCUT2D eigenvalue weighted by molar-refractivity contribution is 7.90. The molecule has 13 heteroatoms. The molecule has 0 aliphatic heterocycles. The maximum absolute atomic E-state index is 13.4. The van der Waals surface area contributed by atoms with E-state index in [0.29, 0.717) is 5.02 Å². The molecule has 1 aromatic heterocycles. The summed E-state index contributed by atoms with van der Waals surface area (Å²) in [4.78, 5) is 26.5. The van der Waals surface area contributed by atoms with Crippen LogP contribution in [0.15, 0.2) is 82.6 Å². The van der Waals surface area contributed by atoms with Crippen LogP contribution in [-0.2, 0) is 22.6 Å². The maximum atomic E-state index is 13.4. The second-order valence-corrected chi connectivity index (χ2v) is 11.2. The molecule has 0 unspecified atom stereocenters. The Kier molecular flexibility index (Phi) is 7.46. The number of anilines is 1. The fourth-order valence-corrected chi connectivity index (χ4v) is 4.80. The molecule has 0 fully saturated rings. The van der Waals surface area contributed by atoms with E-state index < -0.39 is 33.0 Å². The van der Waals surface area contributed by atoms with Crippen LogP contribution in [-0.4, -0.2) is 29.9 Å². The van der Waals surface area contributed by atoms with Crippen LogP contribution >= 0.6 is 23.2 Å². The summed E-state index contributed by atoms with van der Waals surface area (Å²) in [7, 11) is -3.45. The number of rotatable bonds is 6. The van der Waals surface area contributed by atoms with Gasteiger partial charge < -0.3 is 5.32 Å². The molecule has 1 N–H and O–H groups in total. The first-order valence-electron chi connectivity index (χ1n) is 10.8. The zero-order valence-electron chi connectivity index (χ0n) is 19.5. The van der Waals surface area contributed by atoms with Crippen molar-refractivity contribution >= 4 is 44.6 Å². The number of alkyl halides is 3. The number of carbonyl (C=O) groups is 1. The van der Waals surface area contributed by atoms with E-state index in [-0.39, 0.29) is 39.0 Å². The number of hydrogen-bond acceptors (Lipinski definition) is 4. The smallest absolute Gasteiger partial charge is 0.322 e. The summed E-state index contributed by atoms with van der Waals surface area (Å²) < 4.78 is 65.4. The lowest BCUT2D eigenvalue weighted by atomic mass is 10.1. The Morgan fingerprint density at radius 2 is 1.68 bits per heavy atom. The molecular formula is C25H18Cl2F3N3O4S. The number of carbonyl (C=O) groups excluding carboxylic acids is 1. The lowest BCUT2D eigenvalue weighted by Crippen LogP contribution is -2.26. The van der Waals surface area contributed by atoms with Gasteiger partial charge in [-0.2, -0.15) is 13.2 Å². The fourth-order valence-electron chi connectivity index (χ4n) is 3.68. The number of sulfone groups is 1. The van der Waals surface area contributed by atoms with Gasteiger partial charge in [0.1, 0.15) is 5.56 Å². The Bertz CT molecular complexity index is 1700. The van der Waals surface area contributed by atoms with E-state index in [2.05, 4.69) is 5.32 Å². The van der Waals surface area contributed by atoms with Gasteiger partial charge in [0.2, 0.25) is 0 Å². The molecular weight excluding hydrogens is 566 g/mol. The van der Waals surface area contributed by atoms with Crippen LogP contribution in [0.5, 0.6) is 0 Å². The molecule has 4 aromatic rings. The molecule has 0 aliphatic rings. The van der Waals surface area contributed by atoms with Gasteiger partial charge in [-0.25, -0.2) is 13.1 Å². The van der Waals surface area contributed by atoms with E-state index in [1.165, 1.54) is 65.5 Å². The predicted octanol–water partition coefficient (Wildman–Crippen LogP) is 5.67. The van der Waals surface area contributed by atoms with Crippen LogP contribution in [0.4, 0.5) is 18.9 Å². The predicted molar refractivity (Wildman–Crippen MR) is 138 cm³/mol. The SMILES string of the molecule is CS(=O)(=O)c1ccc(NC(=O)c2cn(Cc3cccc(C(F)(F)F)c3)n(-c3ccc(Cl)cc3Cl)c2=O)cc1. The molecule has 1 heterocycles. The van der Waals surface area contributed by atoms with E-state index in [0.717, 1.165) is 23.1 Å². The second-order valence-electron chi connectivity index (χ2n) is 8.30. The summed E-state index contributed by atoms with van der Waals surface area (Å²) >= 11 is 12.3. The van der Waals surface area contributed by atoms with Crippen molar-refractivity contribution in [2.24, 2.45) is 0 Å². The Morgan fingerprint density at radius 3 is 2.29 bits per heavy atom. The lowest BCUT2D eigenvalue weighted by molar-refractivity contribution is -0.137. The standard InChI is InChI=1S/C25H18Cl2F3N3O4S/c1-38(36,37)19-8-6-18(7-9-19)31-23(34)20-14-32(13-15-3-2-4-16(11-15)25(28,29)30)33(24(20)35)22-10-5-17(26)12-21(22)27/h2-12,14H,13H2,1H3,(H,31,34). The zero-order valence-corrected chi connectivity index (χ0v) is 21.8. The summed E-state index contributed by atoms with van der Waals surface area (Å²) in [6.45, 7) is -0.200. The highest BCUT2D eigenvalue weighted by atomic mass is 35.5. The summed E-state index contributed by atoms with van der Waals surface area (Å²) in [6.07, 6.45) is -2.32. The normalized spacial score (nSPS) is 11.9. The number of aromatic nitrogens is 2. The Morgan fingerprint density at radius 1 is 1.00 bits per heavy atom. The Hall–Kier alpha value is -3.54. The minimum Gasteiger partial charge on any atom is -0.322 e. The number of amides is 1. The number of hydrogen-bond donors (Lipinski definition) is 1. The van der Waals surface area contributed by atoms with E-state index in [1.807, 2.05) is 0 Å². The molecule has 0 aliphatic carbocycles. The highest BCUT2D eigenvalue weighted by Crippen LogP contribution is 2.30. The van der Waals surface area contributed by atoms with Gasteiger partial charge in [-0.05, 0) is 60.2 Å². The fraction of sp³-hybridized carbons (Fsp3) is 0.120. The van der Waals surface area contributed by atoms with Crippen molar-refractivity contribution in [1.29, 1.82) is 0 Å². The lowest BCUT2D eigenvalue weighted by Gasteiger charge is -2.14. The third-order valence-corrected chi connectivity index (χ3v) is 7.15. The van der Waals surface area contributed by atoms with Gasteiger partial charge >= 0.3 is 6.18 Å². The third kappa shape index (κ3) is 5.95. The van der Waals surface area contributed by atoms with Gasteiger partial charge in [0, 0.05) is 23.2 Å². The van der Waals surface area contributed by atoms with Crippen molar-refractivity contribution in [2.75, 3.05) is 11.6 Å². The Balaban J connectivity index is 1.76. The minimum atomic E-state index is -4.57. The van der Waals surface area contributed by atoms with Crippen LogP contribution in [0, 0.1) is 0 Å². The first kappa shape index (κ1) is 27.5. The molecule has 3 aromatic carbocycles. The minimum absolute atomic E-state index is 0.0440. The molecule has 7 nitrogen and oxygen atoms in total. The summed E-state index contributed by atoms with van der Waals surface area (Å²) in [6, 6.07) is 14.2. The van der Waals surface area contributed by atoms with E-state index >= 15 is 0 Å². The average Bonchev–Trinajstić information content (AvgIpc) is 3.14. The molecule has 198 valence electrons. The first-order chi connectivity index (χ1) is 17.7. The van der Waals surface area contributed by atoms with Crippen molar-refractivity contribution in [3.05, 3.63) is 110 Å². The molecule has 0 radical (unpaired) electrons. The molecule has 4 rings (SSSR count). The van der Waals surface area contributed by atoms with E-state index in [4.69, 9.17) is 23.2 Å². The van der Waals surface area contributed by atoms with Gasteiger partial charge in [0.05, 0.1) is 27.7 Å². The quantitative estimate of drug-likeness (QED) is 0.317. The Labute approximate surface area is 224 Å². The van der Waals surface area contributed by atoms with Crippen LogP contribution in [0.25, 0.3) is 5.69 Å². The molecule has 0 bridgehead atoms. The highest BCUT2D eigenvalue weighted by Gasteiger charge is 2.30. The topological polar surface area (TPSA) is 90.2 Å². The molecule has 0 spiro atoms. The number of benzene rings is 3. The monoisotopic (exact) mass is 583 g/mol. The van der Waals surface area contributed by atoms with Gasteiger partial charge in [0.15, 0.2) is 9.84 Å². The van der Waals surface area contributed by atoms with Crippen LogP contribution in [0.2, 0.25) is 10.0 Å². The number of nitrogens with zero attached hydrogens (tertiary/aromatic N) is 2. The average molecular weight is 584 g/mol. The van der Waals surface area contributed by atoms with E-state index in [1.54, 1.807) is 0 Å². The third-order valence-electron chi connectivity index (χ3n) is 5.48. The number of halogens is 5. The summed E-state index contributed by atoms with van der Waals surface area (Å²) in [5.74, 6) is -0.816. The van der Waals surface area contributed by atoms with E-state index in [9.17, 15) is 31.2 Å². The van der Waals surface area contributed by atoms with Crippen molar-refractivity contribution in [3.63, 3.8) is 0 Å². The van der Waals surface area contributed by atoms with Crippen LogP contribution < -0.4 is 10.9 Å². The van der Waals surface area contributed by atoms with Crippen molar-refractivity contribution in [2.45, 2.75) is 17.6 Å². The van der Waals surface area contributed by atoms with Crippen molar-refractivity contribution < 1.29 is 26.4 Å². The van der Waals surface area contributed by atoms with Crippen molar-refractivity contribution in [3.8, 4) is 5.69 Å². The molecule has 0 atom stereocenters. The first-order valence-corrected chi connectivity index (χ1v) is 13.4. The summed E-state index contributed by atoms with van der Waals surface area (Å²) in [5, 5.41) is 2.89. The van der Waals surface area contributed by atoms with Gasteiger partial charge in [-0.3, -0.25) is 14.3 Å². The molecule has 0 saturated carbocycles. The largest absolute Gasteiger partial charge is 0.416 e. The van der Waals surface area contributed by atoms with Gasteiger partial charge in [-0.15, -0.1) is 0 Å². The molecule has 0 saturated heterocycles. The van der Waals surface area contributed by atoms with Crippen molar-refractivity contribution in [1.82, 2.24) is 9.36 Å². The molecule has 38 heavy (non-hydrogen) atoms. The van der Waals surface area contributed by atoms with Crippen LogP contribution in [0.3, 0.4) is 0 Å². The number of nitrogens with one attached hydrogen (secondary N) is 1. The summed E-state index contributed by atoms with van der Waals surface area (Å²) in [5.41, 5.74) is -1.37. The van der Waals surface area contributed by atoms with Crippen LogP contribution in [0.1, 0.15) is 21.5 Å². The molecule has 1 amide bonds.